The lowest BCUT2D eigenvalue weighted by Gasteiger charge is -2.24. The van der Waals surface area contributed by atoms with Crippen molar-refractivity contribution in [1.29, 1.82) is 0 Å². The number of carbonyl (C=O) groups excluding carboxylic acids is 1. The van der Waals surface area contributed by atoms with Crippen molar-refractivity contribution in [3.8, 4) is 0 Å². The number of thiophene rings is 1. The minimum absolute atomic E-state index is 0.0619. The monoisotopic (exact) mass is 519 g/mol. The van der Waals surface area contributed by atoms with Crippen molar-refractivity contribution >= 4 is 56.6 Å². The molecule has 1 amide bonds. The molecule has 190 valence electrons. The summed E-state index contributed by atoms with van der Waals surface area (Å²) < 4.78 is 6.20. The molecule has 37 heavy (non-hydrogen) atoms. The van der Waals surface area contributed by atoms with Gasteiger partial charge in [0.1, 0.15) is 18.6 Å². The molecule has 3 aromatic heterocycles. The molecular formula is C25H25N7O4S. The van der Waals surface area contributed by atoms with Crippen LogP contribution in [0.3, 0.4) is 0 Å². The molecule has 1 aromatic carbocycles. The highest BCUT2D eigenvalue weighted by Gasteiger charge is 2.38. The predicted molar refractivity (Wildman–Crippen MR) is 143 cm³/mol. The number of amides is 1. The van der Waals surface area contributed by atoms with Gasteiger partial charge in [0, 0.05) is 11.8 Å². The second kappa shape index (κ2) is 9.97. The molecule has 2 N–H and O–H groups in total. The van der Waals surface area contributed by atoms with Gasteiger partial charge in [-0.15, -0.1) is 11.3 Å². The molecule has 0 aliphatic carbocycles. The van der Waals surface area contributed by atoms with Gasteiger partial charge >= 0.3 is 6.09 Å². The summed E-state index contributed by atoms with van der Waals surface area (Å²) in [6.07, 6.45) is 0.823. The third-order valence-electron chi connectivity index (χ3n) is 6.18. The van der Waals surface area contributed by atoms with Crippen LogP contribution >= 0.6 is 11.3 Å². The molecular weight excluding hydrogens is 494 g/mol. The van der Waals surface area contributed by atoms with Crippen LogP contribution in [0.1, 0.15) is 32.4 Å². The van der Waals surface area contributed by atoms with Gasteiger partial charge in [0.25, 0.3) is 5.69 Å². The number of anilines is 4. The van der Waals surface area contributed by atoms with E-state index < -0.39 is 11.0 Å². The quantitative estimate of drug-likeness (QED) is 0.216. The molecule has 0 radical (unpaired) electrons. The smallest absolute Gasteiger partial charge is 0.415 e. The number of hydrogen-bond donors (Lipinski definition) is 2. The number of fused-ring (bicyclic) bond motifs is 1. The van der Waals surface area contributed by atoms with Crippen molar-refractivity contribution in [1.82, 2.24) is 15.0 Å². The Morgan fingerprint density at radius 1 is 1.14 bits per heavy atom. The molecule has 1 aliphatic heterocycles. The van der Waals surface area contributed by atoms with E-state index in [0.29, 0.717) is 24.2 Å². The fourth-order valence-electron chi connectivity index (χ4n) is 4.09. The second-order valence-electron chi connectivity index (χ2n) is 9.04. The van der Waals surface area contributed by atoms with Crippen LogP contribution in [0, 0.1) is 16.0 Å². The Labute approximate surface area is 216 Å². The van der Waals surface area contributed by atoms with E-state index in [9.17, 15) is 14.9 Å². The number of nitrogens with zero attached hydrogens (tertiary/aromatic N) is 5. The molecule has 2 atom stereocenters. The zero-order valence-electron chi connectivity index (χ0n) is 20.4. The summed E-state index contributed by atoms with van der Waals surface area (Å²) >= 11 is 1.50. The number of ether oxygens (including phenoxy) is 1. The summed E-state index contributed by atoms with van der Waals surface area (Å²) in [5.41, 5.74) is 2.50. The minimum Gasteiger partial charge on any atom is -0.447 e. The van der Waals surface area contributed by atoms with Gasteiger partial charge in [-0.2, -0.15) is 4.98 Å². The largest absolute Gasteiger partial charge is 0.447 e. The van der Waals surface area contributed by atoms with Crippen LogP contribution in [0.25, 0.3) is 10.2 Å². The van der Waals surface area contributed by atoms with Crippen LogP contribution in [-0.2, 0) is 4.74 Å². The SMILES string of the molecule is CC(C)C1COC(=O)N1c1nc(N[C@@H](C)c2ccc(Nc3ccc([N+](=O)[O-])cn3)cc2)nc2ccsc12. The van der Waals surface area contributed by atoms with Gasteiger partial charge in [-0.3, -0.25) is 15.0 Å². The molecule has 11 nitrogen and oxygen atoms in total. The normalized spacial score (nSPS) is 16.2. The molecule has 4 heterocycles. The fraction of sp³-hybridized carbons (Fsp3) is 0.280. The maximum Gasteiger partial charge on any atom is 0.415 e. The summed E-state index contributed by atoms with van der Waals surface area (Å²) in [4.78, 5) is 38.0. The number of rotatable bonds is 8. The predicted octanol–water partition coefficient (Wildman–Crippen LogP) is 5.89. The molecule has 1 fully saturated rings. The number of benzene rings is 1. The summed E-state index contributed by atoms with van der Waals surface area (Å²) in [5.74, 6) is 1.70. The number of nitro groups is 1. The first-order chi connectivity index (χ1) is 17.8. The summed E-state index contributed by atoms with van der Waals surface area (Å²) in [6, 6.07) is 12.4. The van der Waals surface area contributed by atoms with E-state index >= 15 is 0 Å². The highest BCUT2D eigenvalue weighted by atomic mass is 32.1. The molecule has 12 heteroatoms. The molecule has 0 saturated carbocycles. The number of cyclic esters (lactones) is 1. The molecule has 1 aliphatic rings. The second-order valence-corrected chi connectivity index (χ2v) is 9.95. The summed E-state index contributed by atoms with van der Waals surface area (Å²) in [7, 11) is 0. The Balaban J connectivity index is 1.34. The summed E-state index contributed by atoms with van der Waals surface area (Å²) in [5, 5.41) is 19.2. The van der Waals surface area contributed by atoms with Gasteiger partial charge in [0.05, 0.1) is 27.2 Å². The topological polar surface area (TPSA) is 135 Å². The molecule has 1 saturated heterocycles. The van der Waals surface area contributed by atoms with Crippen LogP contribution in [0.4, 0.5) is 33.8 Å². The van der Waals surface area contributed by atoms with E-state index in [1.165, 1.54) is 23.6 Å². The standard InChI is InChI=1S/C25H25N7O4S/c1-14(2)20-13-36-25(33)31(20)23-22-19(10-11-37-22)29-24(30-23)27-15(3)16-4-6-17(7-5-16)28-21-9-8-18(12-26-21)32(34)35/h4-12,14-15,20H,13H2,1-3H3,(H,26,28)(H,27,29,30)/t15-,20?/m0/s1. The lowest BCUT2D eigenvalue weighted by molar-refractivity contribution is -0.385. The van der Waals surface area contributed by atoms with Crippen molar-refractivity contribution in [2.45, 2.75) is 32.9 Å². The lowest BCUT2D eigenvalue weighted by Crippen LogP contribution is -2.38. The maximum absolute atomic E-state index is 12.6. The lowest BCUT2D eigenvalue weighted by atomic mass is 10.0. The van der Waals surface area contributed by atoms with Crippen LogP contribution in [0.15, 0.2) is 54.0 Å². The average molecular weight is 520 g/mol. The molecule has 1 unspecified atom stereocenters. The van der Waals surface area contributed by atoms with Crippen molar-refractivity contribution in [3.05, 3.63) is 69.7 Å². The number of pyridine rings is 1. The highest BCUT2D eigenvalue weighted by Crippen LogP contribution is 2.35. The Kier molecular flexibility index (Phi) is 6.57. The third kappa shape index (κ3) is 5.00. The van der Waals surface area contributed by atoms with Gasteiger partial charge in [0.2, 0.25) is 5.95 Å². The zero-order valence-corrected chi connectivity index (χ0v) is 21.2. The Bertz CT molecular complexity index is 1440. The first-order valence-corrected chi connectivity index (χ1v) is 12.6. The number of nitrogens with one attached hydrogen (secondary N) is 2. The van der Waals surface area contributed by atoms with Crippen LogP contribution in [-0.4, -0.2) is 38.6 Å². The van der Waals surface area contributed by atoms with Crippen molar-refractivity contribution < 1.29 is 14.5 Å². The van der Waals surface area contributed by atoms with Crippen LogP contribution in [0.2, 0.25) is 0 Å². The van der Waals surface area contributed by atoms with Gasteiger partial charge in [-0.1, -0.05) is 26.0 Å². The van der Waals surface area contributed by atoms with Gasteiger partial charge in [0.15, 0.2) is 5.82 Å². The molecule has 4 aromatic rings. The number of carbonyl (C=O) groups is 1. The van der Waals surface area contributed by atoms with Crippen molar-refractivity contribution in [2.24, 2.45) is 5.92 Å². The van der Waals surface area contributed by atoms with E-state index in [1.807, 2.05) is 42.6 Å². The number of hydrogen-bond acceptors (Lipinski definition) is 10. The van der Waals surface area contributed by atoms with Gasteiger partial charge < -0.3 is 15.4 Å². The van der Waals surface area contributed by atoms with E-state index in [0.717, 1.165) is 21.5 Å². The fourth-order valence-corrected chi connectivity index (χ4v) is 4.91. The number of aromatic nitrogens is 3. The van der Waals surface area contributed by atoms with Gasteiger partial charge in [-0.05, 0) is 48.1 Å². The van der Waals surface area contributed by atoms with Crippen LogP contribution in [0.5, 0.6) is 0 Å². The van der Waals surface area contributed by atoms with Crippen molar-refractivity contribution in [2.75, 3.05) is 22.1 Å². The van der Waals surface area contributed by atoms with E-state index in [2.05, 4.69) is 34.4 Å². The van der Waals surface area contributed by atoms with E-state index in [4.69, 9.17) is 9.72 Å². The maximum atomic E-state index is 12.6. The van der Waals surface area contributed by atoms with E-state index in [1.54, 1.807) is 11.0 Å². The minimum atomic E-state index is -0.484. The van der Waals surface area contributed by atoms with Crippen LogP contribution < -0.4 is 15.5 Å². The zero-order chi connectivity index (χ0) is 26.1. The van der Waals surface area contributed by atoms with Crippen molar-refractivity contribution in [3.63, 3.8) is 0 Å². The Hall–Kier alpha value is -4.32. The first-order valence-electron chi connectivity index (χ1n) is 11.8. The molecule has 5 rings (SSSR count). The van der Waals surface area contributed by atoms with Gasteiger partial charge in [-0.25, -0.2) is 14.8 Å². The summed E-state index contributed by atoms with van der Waals surface area (Å²) in [6.45, 7) is 6.46. The first kappa shape index (κ1) is 24.4. The Morgan fingerprint density at radius 2 is 1.92 bits per heavy atom. The molecule has 0 spiro atoms. The average Bonchev–Trinajstić information content (AvgIpc) is 3.51. The highest BCUT2D eigenvalue weighted by molar-refractivity contribution is 7.17. The van der Waals surface area contributed by atoms with E-state index in [-0.39, 0.29) is 23.7 Å². The Morgan fingerprint density at radius 3 is 2.59 bits per heavy atom. The third-order valence-corrected chi connectivity index (χ3v) is 7.08. The molecule has 0 bridgehead atoms.